The van der Waals surface area contributed by atoms with Crippen molar-refractivity contribution in [3.05, 3.63) is 23.5 Å². The van der Waals surface area contributed by atoms with Crippen molar-refractivity contribution in [2.24, 2.45) is 0 Å². The maximum Gasteiger partial charge on any atom is 0.0628 e. The van der Waals surface area contributed by atoms with Crippen LogP contribution in [0.1, 0.15) is 11.3 Å². The second kappa shape index (κ2) is 3.14. The Morgan fingerprint density at radius 1 is 1.33 bits per heavy atom. The third kappa shape index (κ3) is 1.41. The van der Waals surface area contributed by atoms with E-state index in [1.807, 2.05) is 12.3 Å². The van der Waals surface area contributed by atoms with Crippen LogP contribution < -0.4 is 0 Å². The van der Waals surface area contributed by atoms with Crippen LogP contribution in [0.15, 0.2) is 12.3 Å². The van der Waals surface area contributed by atoms with Crippen molar-refractivity contribution in [3.63, 3.8) is 0 Å². The number of aromatic amines is 1. The summed E-state index contributed by atoms with van der Waals surface area (Å²) in [4.78, 5) is 2.99. The van der Waals surface area contributed by atoms with Crippen molar-refractivity contribution in [2.75, 3.05) is 0 Å². The Morgan fingerprint density at radius 2 is 2.11 bits per heavy atom. The zero-order valence-corrected chi connectivity index (χ0v) is 6.34. The number of halogens is 2. The first-order chi connectivity index (χ1) is 4.38. The molecule has 0 saturated heterocycles. The first-order valence-electron chi connectivity index (χ1n) is 2.65. The third-order valence-corrected chi connectivity index (χ3v) is 1.76. The lowest BCUT2D eigenvalue weighted by atomic mass is 10.3. The van der Waals surface area contributed by atoms with Gasteiger partial charge in [-0.1, -0.05) is 0 Å². The number of aromatic nitrogens is 1. The number of rotatable bonds is 2. The van der Waals surface area contributed by atoms with E-state index >= 15 is 0 Å². The fraction of sp³-hybridized carbons (Fsp3) is 0.333. The molecule has 0 aliphatic rings. The summed E-state index contributed by atoms with van der Waals surface area (Å²) >= 11 is 11.1. The van der Waals surface area contributed by atoms with Gasteiger partial charge in [-0.05, 0) is 11.6 Å². The van der Waals surface area contributed by atoms with E-state index in [0.717, 1.165) is 11.3 Å². The number of H-pyrrole nitrogens is 1. The van der Waals surface area contributed by atoms with Gasteiger partial charge in [0, 0.05) is 17.8 Å². The molecule has 3 heteroatoms. The van der Waals surface area contributed by atoms with Crippen molar-refractivity contribution in [3.8, 4) is 0 Å². The molecule has 0 atom stereocenters. The molecule has 0 aromatic carbocycles. The number of alkyl halides is 2. The largest absolute Gasteiger partial charge is 0.364 e. The highest BCUT2D eigenvalue weighted by Gasteiger charge is 1.98. The topological polar surface area (TPSA) is 15.8 Å². The summed E-state index contributed by atoms with van der Waals surface area (Å²) in [5.41, 5.74) is 2.11. The van der Waals surface area contributed by atoms with E-state index in [4.69, 9.17) is 23.2 Å². The van der Waals surface area contributed by atoms with Gasteiger partial charge in [-0.2, -0.15) is 0 Å². The molecular formula is C6H7Cl2N. The average molecular weight is 164 g/mol. The number of hydrogen-bond acceptors (Lipinski definition) is 0. The summed E-state index contributed by atoms with van der Waals surface area (Å²) in [6.45, 7) is 0. The van der Waals surface area contributed by atoms with Gasteiger partial charge >= 0.3 is 0 Å². The Labute approximate surface area is 64.0 Å². The third-order valence-electron chi connectivity index (χ3n) is 1.21. The molecule has 1 aromatic heterocycles. The predicted octanol–water partition coefficient (Wildman–Crippen LogP) is 2.49. The Hall–Kier alpha value is -0.140. The molecule has 0 aliphatic carbocycles. The first-order valence-corrected chi connectivity index (χ1v) is 3.72. The van der Waals surface area contributed by atoms with Gasteiger partial charge in [0.2, 0.25) is 0 Å². The lowest BCUT2D eigenvalue weighted by molar-refractivity contribution is 1.18. The van der Waals surface area contributed by atoms with Crippen molar-refractivity contribution < 1.29 is 0 Å². The highest BCUT2D eigenvalue weighted by Crippen LogP contribution is 2.11. The van der Waals surface area contributed by atoms with Gasteiger partial charge in [0.1, 0.15) is 0 Å². The van der Waals surface area contributed by atoms with Crippen molar-refractivity contribution in [1.29, 1.82) is 0 Å². The molecule has 1 nitrogen and oxygen atoms in total. The van der Waals surface area contributed by atoms with Crippen LogP contribution in [0.5, 0.6) is 0 Å². The SMILES string of the molecule is ClCc1cc[nH]c1CCl. The standard InChI is InChI=1S/C6H7Cl2N/c7-3-5-1-2-9-6(5)4-8/h1-2,9H,3-4H2. The molecule has 9 heavy (non-hydrogen) atoms. The molecular weight excluding hydrogens is 157 g/mol. The van der Waals surface area contributed by atoms with Gasteiger partial charge in [-0.3, -0.25) is 0 Å². The summed E-state index contributed by atoms with van der Waals surface area (Å²) in [5.74, 6) is 1.04. The summed E-state index contributed by atoms with van der Waals surface area (Å²) in [5, 5.41) is 0. The Kier molecular flexibility index (Phi) is 2.43. The molecule has 1 rings (SSSR count). The van der Waals surface area contributed by atoms with Crippen LogP contribution >= 0.6 is 23.2 Å². The number of nitrogens with one attached hydrogen (secondary N) is 1. The van der Waals surface area contributed by atoms with Gasteiger partial charge < -0.3 is 4.98 Å². The Balaban J connectivity index is 2.85. The molecule has 0 saturated carbocycles. The van der Waals surface area contributed by atoms with E-state index in [9.17, 15) is 0 Å². The second-order valence-electron chi connectivity index (χ2n) is 1.75. The minimum atomic E-state index is 0.509. The van der Waals surface area contributed by atoms with Gasteiger partial charge in [-0.15, -0.1) is 23.2 Å². The highest BCUT2D eigenvalue weighted by molar-refractivity contribution is 6.18. The van der Waals surface area contributed by atoms with E-state index < -0.39 is 0 Å². The molecule has 0 fully saturated rings. The van der Waals surface area contributed by atoms with Crippen LogP contribution in [0.2, 0.25) is 0 Å². The maximum atomic E-state index is 5.57. The van der Waals surface area contributed by atoms with Crippen LogP contribution in [-0.2, 0) is 11.8 Å². The maximum absolute atomic E-state index is 5.57. The fourth-order valence-electron chi connectivity index (χ4n) is 0.686. The minimum Gasteiger partial charge on any atom is -0.364 e. The monoisotopic (exact) mass is 163 g/mol. The van der Waals surface area contributed by atoms with Crippen LogP contribution in [0.25, 0.3) is 0 Å². The molecule has 1 aromatic rings. The van der Waals surface area contributed by atoms with E-state index in [1.54, 1.807) is 0 Å². The average Bonchev–Trinajstić information content (AvgIpc) is 2.33. The molecule has 50 valence electrons. The number of hydrogen-bond donors (Lipinski definition) is 1. The Bertz CT molecular complexity index is 164. The van der Waals surface area contributed by atoms with Gasteiger partial charge in [0.05, 0.1) is 5.88 Å². The molecule has 0 amide bonds. The molecule has 0 aliphatic heterocycles. The van der Waals surface area contributed by atoms with Crippen molar-refractivity contribution in [2.45, 2.75) is 11.8 Å². The molecule has 0 unspecified atom stereocenters. The van der Waals surface area contributed by atoms with Gasteiger partial charge in [-0.25, -0.2) is 0 Å². The van der Waals surface area contributed by atoms with Crippen LogP contribution in [0.3, 0.4) is 0 Å². The predicted molar refractivity (Wildman–Crippen MR) is 39.9 cm³/mol. The molecule has 0 radical (unpaired) electrons. The van der Waals surface area contributed by atoms with Crippen LogP contribution in [0, 0.1) is 0 Å². The summed E-state index contributed by atoms with van der Waals surface area (Å²) in [6, 6.07) is 1.94. The highest BCUT2D eigenvalue weighted by atomic mass is 35.5. The van der Waals surface area contributed by atoms with Crippen molar-refractivity contribution >= 4 is 23.2 Å². The van der Waals surface area contributed by atoms with E-state index in [2.05, 4.69) is 4.98 Å². The lowest BCUT2D eigenvalue weighted by Crippen LogP contribution is -1.81. The van der Waals surface area contributed by atoms with Crippen LogP contribution in [0.4, 0.5) is 0 Å². The summed E-state index contributed by atoms with van der Waals surface area (Å²) in [7, 11) is 0. The molecule has 1 N–H and O–H groups in total. The molecule has 0 spiro atoms. The second-order valence-corrected chi connectivity index (χ2v) is 2.28. The van der Waals surface area contributed by atoms with Gasteiger partial charge in [0.15, 0.2) is 0 Å². The van der Waals surface area contributed by atoms with Gasteiger partial charge in [0.25, 0.3) is 0 Å². The van der Waals surface area contributed by atoms with Crippen LogP contribution in [-0.4, -0.2) is 4.98 Å². The Morgan fingerprint density at radius 3 is 2.56 bits per heavy atom. The smallest absolute Gasteiger partial charge is 0.0628 e. The summed E-state index contributed by atoms with van der Waals surface area (Å²) < 4.78 is 0. The zero-order valence-electron chi connectivity index (χ0n) is 4.82. The molecule has 0 bridgehead atoms. The van der Waals surface area contributed by atoms with E-state index in [0.29, 0.717) is 11.8 Å². The van der Waals surface area contributed by atoms with E-state index in [1.165, 1.54) is 0 Å². The van der Waals surface area contributed by atoms with Crippen molar-refractivity contribution in [1.82, 2.24) is 4.98 Å². The minimum absolute atomic E-state index is 0.509. The fourth-order valence-corrected chi connectivity index (χ4v) is 1.18. The molecule has 1 heterocycles. The first kappa shape index (κ1) is 6.97. The zero-order chi connectivity index (χ0) is 6.69. The quantitative estimate of drug-likeness (QED) is 0.646. The van der Waals surface area contributed by atoms with E-state index in [-0.39, 0.29) is 0 Å². The lowest BCUT2D eigenvalue weighted by Gasteiger charge is -1.91. The normalized spacial score (nSPS) is 10.0. The summed E-state index contributed by atoms with van der Waals surface area (Å²) in [6.07, 6.45) is 1.84.